The Labute approximate surface area is 113 Å². The molecule has 0 saturated carbocycles. The second-order valence-electron chi connectivity index (χ2n) is 2.79. The molecule has 0 bridgehead atoms. The summed E-state index contributed by atoms with van der Waals surface area (Å²) in [6.45, 7) is -0.281. The summed E-state index contributed by atoms with van der Waals surface area (Å²) < 4.78 is 2.05. The number of carbonyl (C=O) groups is 1. The predicted molar refractivity (Wildman–Crippen MR) is 64.3 cm³/mol. The molecule has 0 spiro atoms. The van der Waals surface area contributed by atoms with Crippen LogP contribution in [0.1, 0.15) is 0 Å². The Bertz CT molecular complexity index is 547. The van der Waals surface area contributed by atoms with Crippen molar-refractivity contribution in [1.29, 1.82) is 0 Å². The van der Waals surface area contributed by atoms with Crippen LogP contribution in [0.2, 0.25) is 0 Å². The van der Waals surface area contributed by atoms with Gasteiger partial charge in [-0.25, -0.2) is 14.6 Å². The number of carboxylic acids is 1. The van der Waals surface area contributed by atoms with Crippen molar-refractivity contribution in [2.75, 3.05) is 0 Å². The van der Waals surface area contributed by atoms with E-state index in [0.717, 1.165) is 3.57 Å². The highest BCUT2D eigenvalue weighted by Crippen LogP contribution is 2.26. The number of tetrazole rings is 1. The van der Waals surface area contributed by atoms with Crippen molar-refractivity contribution in [3.8, 4) is 0 Å². The molecule has 0 aromatic carbocycles. The molecule has 88 valence electrons. The Hall–Kier alpha value is -1.30. The van der Waals surface area contributed by atoms with Gasteiger partial charge in [-0.1, -0.05) is 0 Å². The first-order chi connectivity index (χ1) is 8.16. The number of aliphatic carboxylic acids is 1. The van der Waals surface area contributed by atoms with Crippen LogP contribution in [0.3, 0.4) is 0 Å². The van der Waals surface area contributed by atoms with Gasteiger partial charge < -0.3 is 5.11 Å². The van der Waals surface area contributed by atoms with Gasteiger partial charge in [-0.05, 0) is 44.8 Å². The van der Waals surface area contributed by atoms with Gasteiger partial charge in [-0.15, -0.1) is 5.10 Å². The third-order valence-corrected chi connectivity index (χ3v) is 3.75. The molecule has 0 amide bonds. The van der Waals surface area contributed by atoms with Crippen LogP contribution in [0.15, 0.2) is 22.7 Å². The molecule has 17 heavy (non-hydrogen) atoms. The lowest BCUT2D eigenvalue weighted by atomic mass is 10.7. The molecule has 2 aromatic heterocycles. The quantitative estimate of drug-likeness (QED) is 0.610. The van der Waals surface area contributed by atoms with Gasteiger partial charge in [0.2, 0.25) is 5.16 Å². The molecule has 0 saturated heterocycles. The minimum Gasteiger partial charge on any atom is -0.480 e. The maximum Gasteiger partial charge on any atom is 0.325 e. The topological polar surface area (TPSA) is 107 Å². The molecule has 0 aliphatic carbocycles. The average molecular weight is 364 g/mol. The highest BCUT2D eigenvalue weighted by atomic mass is 127. The third-order valence-electron chi connectivity index (χ3n) is 1.61. The van der Waals surface area contributed by atoms with E-state index < -0.39 is 5.97 Å². The van der Waals surface area contributed by atoms with Crippen LogP contribution in [0.5, 0.6) is 0 Å². The van der Waals surface area contributed by atoms with Crippen molar-refractivity contribution >= 4 is 40.3 Å². The van der Waals surface area contributed by atoms with Crippen LogP contribution >= 0.6 is 34.4 Å². The van der Waals surface area contributed by atoms with E-state index in [1.54, 1.807) is 6.20 Å². The summed E-state index contributed by atoms with van der Waals surface area (Å²) in [5.74, 6) is -1.00. The van der Waals surface area contributed by atoms with Gasteiger partial charge in [0, 0.05) is 6.20 Å². The van der Waals surface area contributed by atoms with Crippen molar-refractivity contribution in [3.05, 3.63) is 16.1 Å². The van der Waals surface area contributed by atoms with Crippen LogP contribution in [0.25, 0.3) is 0 Å². The molecule has 8 nitrogen and oxygen atoms in total. The van der Waals surface area contributed by atoms with E-state index in [1.807, 2.05) is 0 Å². The lowest BCUT2D eigenvalue weighted by molar-refractivity contribution is -0.138. The fourth-order valence-electron chi connectivity index (χ4n) is 0.960. The molecule has 0 radical (unpaired) electrons. The molecule has 2 heterocycles. The molecule has 0 aliphatic heterocycles. The minimum atomic E-state index is -1.00. The first-order valence-corrected chi connectivity index (χ1v) is 6.17. The number of rotatable bonds is 4. The number of hydrogen-bond acceptors (Lipinski definition) is 7. The van der Waals surface area contributed by atoms with E-state index in [-0.39, 0.29) is 6.54 Å². The monoisotopic (exact) mass is 364 g/mol. The zero-order chi connectivity index (χ0) is 12.3. The number of halogens is 1. The van der Waals surface area contributed by atoms with Crippen molar-refractivity contribution < 1.29 is 9.90 Å². The molecule has 2 rings (SSSR count). The first kappa shape index (κ1) is 12.2. The Morgan fingerprint density at radius 1 is 1.59 bits per heavy atom. The van der Waals surface area contributed by atoms with E-state index in [1.165, 1.54) is 22.8 Å². The van der Waals surface area contributed by atoms with Crippen molar-refractivity contribution in [1.82, 2.24) is 30.2 Å². The Morgan fingerprint density at radius 2 is 2.41 bits per heavy atom. The summed E-state index contributed by atoms with van der Waals surface area (Å²) in [4.78, 5) is 18.5. The normalized spacial score (nSPS) is 10.4. The van der Waals surface area contributed by atoms with Crippen molar-refractivity contribution in [3.63, 3.8) is 0 Å². The van der Waals surface area contributed by atoms with Gasteiger partial charge in [0.25, 0.3) is 0 Å². The lowest BCUT2D eigenvalue weighted by Gasteiger charge is -2.01. The van der Waals surface area contributed by atoms with Gasteiger partial charge in [-0.3, -0.25) is 4.79 Å². The molecular weight excluding hydrogens is 359 g/mol. The SMILES string of the molecule is O=C(O)Cn1nnnc1Sc1ncncc1I. The van der Waals surface area contributed by atoms with Gasteiger partial charge in [-0.2, -0.15) is 0 Å². The summed E-state index contributed by atoms with van der Waals surface area (Å²) in [6.07, 6.45) is 3.07. The molecule has 0 unspecified atom stereocenters. The van der Waals surface area contributed by atoms with Gasteiger partial charge in [0.05, 0.1) is 3.57 Å². The summed E-state index contributed by atoms with van der Waals surface area (Å²) >= 11 is 3.28. The number of aromatic nitrogens is 6. The standard InChI is InChI=1S/C7H5IN6O2S/c8-4-1-9-3-10-6(4)17-7-11-12-13-14(7)2-5(15)16/h1,3H,2H2,(H,15,16). The minimum absolute atomic E-state index is 0.281. The average Bonchev–Trinajstić information content (AvgIpc) is 2.68. The first-order valence-electron chi connectivity index (χ1n) is 4.28. The van der Waals surface area contributed by atoms with Crippen LogP contribution in [-0.2, 0) is 11.3 Å². The fourth-order valence-corrected chi connectivity index (χ4v) is 2.30. The lowest BCUT2D eigenvalue weighted by Crippen LogP contribution is -2.11. The van der Waals surface area contributed by atoms with Crippen LogP contribution in [0.4, 0.5) is 0 Å². The number of carboxylic acid groups (broad SMARTS) is 1. The summed E-state index contributed by atoms with van der Waals surface area (Å²) in [5.41, 5.74) is 0. The zero-order valence-electron chi connectivity index (χ0n) is 8.19. The highest BCUT2D eigenvalue weighted by molar-refractivity contribution is 14.1. The number of hydrogen-bond donors (Lipinski definition) is 1. The maximum absolute atomic E-state index is 10.6. The predicted octanol–water partition coefficient (Wildman–Crippen LogP) is 0.303. The van der Waals surface area contributed by atoms with Crippen molar-refractivity contribution in [2.45, 2.75) is 16.7 Å². The zero-order valence-corrected chi connectivity index (χ0v) is 11.2. The molecule has 0 fully saturated rings. The summed E-state index contributed by atoms with van der Waals surface area (Å²) in [6, 6.07) is 0. The van der Waals surface area contributed by atoms with Crippen LogP contribution < -0.4 is 0 Å². The van der Waals surface area contributed by atoms with E-state index >= 15 is 0 Å². The van der Waals surface area contributed by atoms with Crippen molar-refractivity contribution in [2.24, 2.45) is 0 Å². The Kier molecular flexibility index (Phi) is 3.83. The molecule has 0 aliphatic rings. The number of nitrogens with zero attached hydrogens (tertiary/aromatic N) is 6. The third kappa shape index (κ3) is 3.09. The van der Waals surface area contributed by atoms with E-state index in [0.29, 0.717) is 10.2 Å². The Morgan fingerprint density at radius 3 is 3.12 bits per heavy atom. The smallest absolute Gasteiger partial charge is 0.325 e. The largest absolute Gasteiger partial charge is 0.480 e. The molecular formula is C7H5IN6O2S. The molecule has 1 N–H and O–H groups in total. The van der Waals surface area contributed by atoms with E-state index in [2.05, 4.69) is 48.1 Å². The van der Waals surface area contributed by atoms with Crippen LogP contribution in [0, 0.1) is 3.57 Å². The van der Waals surface area contributed by atoms with E-state index in [9.17, 15) is 4.79 Å². The highest BCUT2D eigenvalue weighted by Gasteiger charge is 2.13. The maximum atomic E-state index is 10.6. The second-order valence-corrected chi connectivity index (χ2v) is 4.91. The van der Waals surface area contributed by atoms with Gasteiger partial charge >= 0.3 is 5.97 Å². The second kappa shape index (κ2) is 5.35. The van der Waals surface area contributed by atoms with Crippen LogP contribution in [-0.4, -0.2) is 41.3 Å². The molecule has 2 aromatic rings. The van der Waals surface area contributed by atoms with Gasteiger partial charge in [0.1, 0.15) is 17.9 Å². The molecule has 0 atom stereocenters. The van der Waals surface area contributed by atoms with E-state index in [4.69, 9.17) is 5.11 Å². The Balaban J connectivity index is 2.22. The summed E-state index contributed by atoms with van der Waals surface area (Å²) in [7, 11) is 0. The van der Waals surface area contributed by atoms with Gasteiger partial charge in [0.15, 0.2) is 0 Å². The summed E-state index contributed by atoms with van der Waals surface area (Å²) in [5, 5.41) is 20.5. The molecule has 10 heteroatoms. The fraction of sp³-hybridized carbons (Fsp3) is 0.143.